The van der Waals surface area contributed by atoms with E-state index in [1.54, 1.807) is 14.2 Å². The van der Waals surface area contributed by atoms with Crippen LogP contribution in [0.2, 0.25) is 0 Å². The van der Waals surface area contributed by atoms with Gasteiger partial charge in [0.25, 0.3) is 0 Å². The zero-order valence-corrected chi connectivity index (χ0v) is 15.9. The molecule has 0 amide bonds. The maximum absolute atomic E-state index is 6.13. The van der Waals surface area contributed by atoms with Gasteiger partial charge < -0.3 is 23.1 Å². The minimum Gasteiger partial charge on any atom is -0.494 e. The Bertz CT molecular complexity index is 529. The summed E-state index contributed by atoms with van der Waals surface area (Å²) in [6.45, 7) is 10.7. The van der Waals surface area contributed by atoms with Crippen LogP contribution in [0.4, 0.5) is 0 Å². The van der Waals surface area contributed by atoms with Crippen LogP contribution in [0.5, 0.6) is 5.75 Å². The number of ether oxygens (including phenoxy) is 1. The van der Waals surface area contributed by atoms with Gasteiger partial charge in [0.2, 0.25) is 8.38 Å². The quantitative estimate of drug-likeness (QED) is 0.589. The zero-order chi connectivity index (χ0) is 17.3. The SMILES string of the molecule is CCOc1cc(B2OC(C)(C)C(C)(C)O2)cc(P(OC)OC)c1. The van der Waals surface area contributed by atoms with Gasteiger partial charge in [-0.15, -0.1) is 0 Å². The van der Waals surface area contributed by atoms with Crippen molar-refractivity contribution in [1.82, 2.24) is 0 Å². The lowest BCUT2D eigenvalue weighted by Gasteiger charge is -2.32. The van der Waals surface area contributed by atoms with E-state index in [2.05, 4.69) is 0 Å². The van der Waals surface area contributed by atoms with Crippen molar-refractivity contribution in [1.29, 1.82) is 0 Å². The second-order valence-electron chi connectivity index (χ2n) is 6.40. The summed E-state index contributed by atoms with van der Waals surface area (Å²) in [6.07, 6.45) is 0. The molecule has 0 spiro atoms. The highest BCUT2D eigenvalue weighted by molar-refractivity contribution is 7.56. The highest BCUT2D eigenvalue weighted by Gasteiger charge is 2.51. The first-order valence-electron chi connectivity index (χ1n) is 7.76. The van der Waals surface area contributed by atoms with Gasteiger partial charge in [0.1, 0.15) is 5.75 Å². The van der Waals surface area contributed by atoms with Crippen molar-refractivity contribution in [2.75, 3.05) is 20.8 Å². The van der Waals surface area contributed by atoms with Gasteiger partial charge in [0.05, 0.1) is 17.8 Å². The van der Waals surface area contributed by atoms with Crippen LogP contribution in [0.1, 0.15) is 34.6 Å². The lowest BCUT2D eigenvalue weighted by molar-refractivity contribution is 0.00578. The summed E-state index contributed by atoms with van der Waals surface area (Å²) in [5.74, 6) is 0.760. The van der Waals surface area contributed by atoms with Crippen LogP contribution in [0.25, 0.3) is 0 Å². The molecule has 1 fully saturated rings. The molecule has 5 nitrogen and oxygen atoms in total. The first kappa shape index (κ1) is 18.7. The van der Waals surface area contributed by atoms with E-state index in [0.717, 1.165) is 16.5 Å². The van der Waals surface area contributed by atoms with Gasteiger partial charge in [-0.25, -0.2) is 0 Å². The number of benzene rings is 1. The fourth-order valence-electron chi connectivity index (χ4n) is 2.36. The van der Waals surface area contributed by atoms with Gasteiger partial charge >= 0.3 is 7.12 Å². The van der Waals surface area contributed by atoms with Crippen LogP contribution in [-0.2, 0) is 18.4 Å². The summed E-state index contributed by atoms with van der Waals surface area (Å²) in [7, 11) is 1.68. The maximum atomic E-state index is 6.13. The smallest absolute Gasteiger partial charge is 0.494 e. The van der Waals surface area contributed by atoms with Gasteiger partial charge in [-0.2, -0.15) is 0 Å². The van der Waals surface area contributed by atoms with E-state index in [0.29, 0.717) is 6.61 Å². The first-order chi connectivity index (χ1) is 10.7. The van der Waals surface area contributed by atoms with E-state index >= 15 is 0 Å². The third kappa shape index (κ3) is 3.89. The average molecular weight is 340 g/mol. The molecule has 0 unspecified atom stereocenters. The first-order valence-corrected chi connectivity index (χ1v) is 8.93. The topological polar surface area (TPSA) is 46.2 Å². The predicted molar refractivity (Wildman–Crippen MR) is 93.9 cm³/mol. The Morgan fingerprint density at radius 3 is 2.04 bits per heavy atom. The molecular weight excluding hydrogens is 314 g/mol. The van der Waals surface area contributed by atoms with Crippen LogP contribution < -0.4 is 15.5 Å². The molecule has 1 aromatic rings. The number of hydrogen-bond acceptors (Lipinski definition) is 5. The Balaban J connectivity index is 2.38. The molecule has 1 aliphatic heterocycles. The van der Waals surface area contributed by atoms with Crippen LogP contribution in [0.15, 0.2) is 18.2 Å². The Labute approximate surface area is 140 Å². The molecule has 0 saturated carbocycles. The molecular formula is C16H26BO5P. The van der Waals surface area contributed by atoms with Crippen LogP contribution in [0, 0.1) is 0 Å². The van der Waals surface area contributed by atoms with E-state index < -0.39 is 15.5 Å². The fourth-order valence-corrected chi connectivity index (χ4v) is 3.42. The highest BCUT2D eigenvalue weighted by Crippen LogP contribution is 2.38. The summed E-state index contributed by atoms with van der Waals surface area (Å²) in [5.41, 5.74) is 0.144. The Morgan fingerprint density at radius 1 is 1.00 bits per heavy atom. The minimum absolute atomic E-state index is 0.382. The highest BCUT2D eigenvalue weighted by atomic mass is 31.2. The second-order valence-corrected chi connectivity index (χ2v) is 8.16. The molecule has 0 aromatic heterocycles. The minimum atomic E-state index is -1.15. The van der Waals surface area contributed by atoms with Crippen molar-refractivity contribution in [3.8, 4) is 5.75 Å². The summed E-state index contributed by atoms with van der Waals surface area (Å²) >= 11 is 0. The van der Waals surface area contributed by atoms with Crippen molar-refractivity contribution < 1.29 is 23.1 Å². The summed E-state index contributed by atoms with van der Waals surface area (Å²) in [4.78, 5) is 0. The summed E-state index contributed by atoms with van der Waals surface area (Å²) in [5, 5.41) is 0.931. The molecule has 1 aliphatic rings. The fraction of sp³-hybridized carbons (Fsp3) is 0.625. The predicted octanol–water partition coefficient (Wildman–Crippen LogP) is 2.61. The zero-order valence-electron chi connectivity index (χ0n) is 15.0. The van der Waals surface area contributed by atoms with Gasteiger partial charge in [0, 0.05) is 19.5 Å². The van der Waals surface area contributed by atoms with Crippen molar-refractivity contribution in [2.24, 2.45) is 0 Å². The van der Waals surface area contributed by atoms with Crippen molar-refractivity contribution in [3.05, 3.63) is 18.2 Å². The molecule has 1 saturated heterocycles. The van der Waals surface area contributed by atoms with Crippen molar-refractivity contribution in [2.45, 2.75) is 45.8 Å². The van der Waals surface area contributed by atoms with E-state index in [4.69, 9.17) is 23.1 Å². The molecule has 23 heavy (non-hydrogen) atoms. The Morgan fingerprint density at radius 2 is 1.57 bits per heavy atom. The Kier molecular flexibility index (Phi) is 5.75. The monoisotopic (exact) mass is 340 g/mol. The second kappa shape index (κ2) is 7.08. The lowest BCUT2D eigenvalue weighted by Crippen LogP contribution is -2.41. The molecule has 0 bridgehead atoms. The van der Waals surface area contributed by atoms with Gasteiger partial charge in [0.15, 0.2) is 0 Å². The summed E-state index contributed by atoms with van der Waals surface area (Å²) < 4.78 is 28.8. The molecule has 0 N–H and O–H groups in total. The average Bonchev–Trinajstić information content (AvgIpc) is 2.69. The van der Waals surface area contributed by atoms with E-state index in [-0.39, 0.29) is 11.2 Å². The molecule has 1 aromatic carbocycles. The number of hydrogen-bond donors (Lipinski definition) is 0. The number of rotatable bonds is 6. The molecule has 0 atom stereocenters. The van der Waals surface area contributed by atoms with Crippen LogP contribution in [-0.4, -0.2) is 39.1 Å². The molecule has 128 valence electrons. The Hall–Kier alpha value is -0.645. The van der Waals surface area contributed by atoms with E-state index in [9.17, 15) is 0 Å². The van der Waals surface area contributed by atoms with Gasteiger partial charge in [-0.1, -0.05) is 0 Å². The normalized spacial score (nSPS) is 19.4. The third-order valence-corrected chi connectivity index (χ3v) is 5.64. The van der Waals surface area contributed by atoms with Crippen molar-refractivity contribution in [3.63, 3.8) is 0 Å². The lowest BCUT2D eigenvalue weighted by atomic mass is 9.79. The van der Waals surface area contributed by atoms with E-state index in [1.165, 1.54) is 0 Å². The van der Waals surface area contributed by atoms with E-state index in [1.807, 2.05) is 52.8 Å². The molecule has 2 rings (SSSR count). The van der Waals surface area contributed by atoms with Gasteiger partial charge in [-0.05, 0) is 58.3 Å². The van der Waals surface area contributed by atoms with Crippen molar-refractivity contribution >= 4 is 26.3 Å². The van der Waals surface area contributed by atoms with Gasteiger partial charge in [-0.3, -0.25) is 0 Å². The largest absolute Gasteiger partial charge is 0.494 e. The standard InChI is InChI=1S/C16H26BO5P/c1-8-20-13-9-12(10-14(11-13)23(18-6)19-7)17-21-15(2,3)16(4,5)22-17/h9-11H,8H2,1-7H3. The summed E-state index contributed by atoms with van der Waals surface area (Å²) in [6, 6.07) is 5.90. The molecule has 1 heterocycles. The molecule has 0 radical (unpaired) electrons. The van der Waals surface area contributed by atoms with Crippen LogP contribution >= 0.6 is 8.38 Å². The molecule has 0 aliphatic carbocycles. The third-order valence-electron chi connectivity index (χ3n) is 4.29. The van der Waals surface area contributed by atoms with Crippen LogP contribution in [0.3, 0.4) is 0 Å². The maximum Gasteiger partial charge on any atom is 0.494 e. The molecule has 7 heteroatoms.